The number of sulfone groups is 1. The van der Waals surface area contributed by atoms with Gasteiger partial charge < -0.3 is 14.8 Å². The highest BCUT2D eigenvalue weighted by atomic mass is 32.2. The van der Waals surface area contributed by atoms with Crippen LogP contribution in [-0.2, 0) is 16.4 Å². The van der Waals surface area contributed by atoms with Crippen LogP contribution in [0.2, 0.25) is 0 Å². The number of carbonyl (C=O) groups is 1. The van der Waals surface area contributed by atoms with E-state index in [-0.39, 0.29) is 6.54 Å². The summed E-state index contributed by atoms with van der Waals surface area (Å²) in [7, 11) is -5.77. The van der Waals surface area contributed by atoms with Crippen molar-refractivity contribution in [3.8, 4) is 11.5 Å². The van der Waals surface area contributed by atoms with Gasteiger partial charge in [0.1, 0.15) is 13.2 Å². The molecule has 1 aliphatic heterocycles. The largest absolute Gasteiger partial charge is 0.503 e. The molecule has 0 bridgehead atoms. The van der Waals surface area contributed by atoms with Gasteiger partial charge in [-0.2, -0.15) is 13.2 Å². The van der Waals surface area contributed by atoms with E-state index in [1.807, 2.05) is 0 Å². The monoisotopic (exact) mass is 402 g/mol. The number of fused-ring (bicyclic) bond motifs is 1. The number of rotatable bonds is 4. The van der Waals surface area contributed by atoms with E-state index in [4.69, 9.17) is 9.47 Å². The fourth-order valence-corrected chi connectivity index (χ4v) is 3.30. The number of carbonyl (C=O) groups excluding carboxylic acids is 1. The molecule has 1 aliphatic rings. The van der Waals surface area contributed by atoms with Crippen molar-refractivity contribution in [3.05, 3.63) is 47.7 Å². The van der Waals surface area contributed by atoms with Crippen LogP contribution in [-0.4, -0.2) is 38.0 Å². The van der Waals surface area contributed by atoms with Crippen molar-refractivity contribution in [2.45, 2.75) is 17.1 Å². The Morgan fingerprint density at radius 1 is 1.15 bits per heavy atom. The van der Waals surface area contributed by atoms with Crippen LogP contribution in [0.3, 0.4) is 0 Å². The third kappa shape index (κ3) is 3.68. The van der Waals surface area contributed by atoms with E-state index in [1.54, 1.807) is 18.2 Å². The molecule has 3 rings (SSSR count). The van der Waals surface area contributed by atoms with Crippen LogP contribution in [0.25, 0.3) is 0 Å². The van der Waals surface area contributed by atoms with Crippen molar-refractivity contribution >= 4 is 15.7 Å². The lowest BCUT2D eigenvalue weighted by Gasteiger charge is -2.21. The van der Waals surface area contributed by atoms with Gasteiger partial charge in [0.05, 0.1) is 5.56 Å². The Morgan fingerprint density at radius 3 is 2.63 bits per heavy atom. The molecule has 0 aliphatic carbocycles. The van der Waals surface area contributed by atoms with Gasteiger partial charge in [0, 0.05) is 18.3 Å². The van der Waals surface area contributed by atoms with Gasteiger partial charge in [0.25, 0.3) is 15.7 Å². The molecule has 1 aromatic heterocycles. The summed E-state index contributed by atoms with van der Waals surface area (Å²) in [5, 5.41) is 1.04. The Kier molecular flexibility index (Phi) is 4.96. The van der Waals surface area contributed by atoms with Gasteiger partial charge in [-0.05, 0) is 18.2 Å². The quantitative estimate of drug-likeness (QED) is 0.842. The van der Waals surface area contributed by atoms with Crippen LogP contribution in [0, 0.1) is 0 Å². The number of hydrogen-bond acceptors (Lipinski definition) is 6. The highest BCUT2D eigenvalue weighted by molar-refractivity contribution is 7.92. The van der Waals surface area contributed by atoms with Gasteiger partial charge in [-0.3, -0.25) is 4.79 Å². The fraction of sp³-hybridized carbons (Fsp3) is 0.250. The van der Waals surface area contributed by atoms with E-state index in [2.05, 4.69) is 10.3 Å². The number of halogens is 3. The van der Waals surface area contributed by atoms with Gasteiger partial charge in [-0.25, -0.2) is 13.4 Å². The highest BCUT2D eigenvalue weighted by Crippen LogP contribution is 2.34. The first kappa shape index (κ1) is 19.0. The molecule has 1 N–H and O–H groups in total. The van der Waals surface area contributed by atoms with Crippen molar-refractivity contribution in [3.63, 3.8) is 0 Å². The average Bonchev–Trinajstić information content (AvgIpc) is 2.65. The predicted octanol–water partition coefficient (Wildman–Crippen LogP) is 2.08. The summed E-state index contributed by atoms with van der Waals surface area (Å²) in [6, 6.07) is 7.12. The standard InChI is InChI=1S/C16H13F3N2O5S/c17-16(18,19)27(23,24)15-11(4-2-6-20-15)14(22)21-9-10-3-1-5-12-13(10)26-8-7-25-12/h1-6H,7-9H2,(H,21,22). The zero-order chi connectivity index (χ0) is 19.7. The lowest BCUT2D eigenvalue weighted by molar-refractivity contribution is -0.0438. The Labute approximate surface area is 152 Å². The van der Waals surface area contributed by atoms with Crippen LogP contribution >= 0.6 is 0 Å². The molecule has 0 atom stereocenters. The summed E-state index contributed by atoms with van der Waals surface area (Å²) < 4.78 is 72.6. The van der Waals surface area contributed by atoms with Gasteiger partial charge in [0.2, 0.25) is 0 Å². The van der Waals surface area contributed by atoms with Crippen molar-refractivity contribution in [2.24, 2.45) is 0 Å². The van der Waals surface area contributed by atoms with Crippen molar-refractivity contribution < 1.29 is 35.9 Å². The molecule has 2 heterocycles. The number of nitrogens with one attached hydrogen (secondary N) is 1. The summed E-state index contributed by atoms with van der Waals surface area (Å²) in [6.45, 7) is 0.581. The van der Waals surface area contributed by atoms with E-state index in [1.165, 1.54) is 6.07 Å². The number of ether oxygens (including phenoxy) is 2. The van der Waals surface area contributed by atoms with E-state index in [0.29, 0.717) is 30.3 Å². The number of benzene rings is 1. The molecular formula is C16H13F3N2O5S. The third-order valence-corrected chi connectivity index (χ3v) is 5.11. The Bertz CT molecular complexity index is 976. The van der Waals surface area contributed by atoms with Gasteiger partial charge in [-0.15, -0.1) is 0 Å². The van der Waals surface area contributed by atoms with Crippen LogP contribution in [0.4, 0.5) is 13.2 Å². The molecule has 27 heavy (non-hydrogen) atoms. The molecule has 1 aromatic carbocycles. The maximum atomic E-state index is 12.8. The predicted molar refractivity (Wildman–Crippen MR) is 86.1 cm³/mol. The lowest BCUT2D eigenvalue weighted by atomic mass is 10.1. The molecule has 0 radical (unpaired) electrons. The molecule has 0 saturated heterocycles. The average molecular weight is 402 g/mol. The highest BCUT2D eigenvalue weighted by Gasteiger charge is 2.49. The molecule has 144 valence electrons. The molecule has 0 saturated carbocycles. The van der Waals surface area contributed by atoms with Crippen LogP contribution in [0.1, 0.15) is 15.9 Å². The molecular weight excluding hydrogens is 389 g/mol. The fourth-order valence-electron chi connectivity index (χ4n) is 2.43. The lowest BCUT2D eigenvalue weighted by Crippen LogP contribution is -2.30. The molecule has 0 spiro atoms. The number of alkyl halides is 3. The second kappa shape index (κ2) is 7.06. The minimum atomic E-state index is -5.77. The number of para-hydroxylation sites is 1. The third-order valence-electron chi connectivity index (χ3n) is 3.66. The molecule has 1 amide bonds. The maximum Gasteiger partial charge on any atom is 0.503 e. The van der Waals surface area contributed by atoms with Crippen molar-refractivity contribution in [2.75, 3.05) is 13.2 Å². The second-order valence-corrected chi connectivity index (χ2v) is 7.29. The van der Waals surface area contributed by atoms with E-state index >= 15 is 0 Å². The smallest absolute Gasteiger partial charge is 0.486 e. The topological polar surface area (TPSA) is 94.6 Å². The number of aromatic nitrogens is 1. The maximum absolute atomic E-state index is 12.8. The number of hydrogen-bond donors (Lipinski definition) is 1. The summed E-state index contributed by atoms with van der Waals surface area (Å²) in [5.41, 5.74) is -5.73. The van der Waals surface area contributed by atoms with Crippen LogP contribution in [0.15, 0.2) is 41.6 Å². The molecule has 7 nitrogen and oxygen atoms in total. The van der Waals surface area contributed by atoms with E-state index in [0.717, 1.165) is 12.3 Å². The summed E-state index contributed by atoms with van der Waals surface area (Å²) in [6.07, 6.45) is 0.869. The van der Waals surface area contributed by atoms with E-state index in [9.17, 15) is 26.4 Å². The van der Waals surface area contributed by atoms with Gasteiger partial charge >= 0.3 is 5.51 Å². The normalized spacial score (nSPS) is 13.9. The SMILES string of the molecule is O=C(NCc1cccc2c1OCCO2)c1cccnc1S(=O)(=O)C(F)(F)F. The molecule has 0 unspecified atom stereocenters. The zero-order valence-electron chi connectivity index (χ0n) is 13.6. The molecule has 0 fully saturated rings. The van der Waals surface area contributed by atoms with Crippen LogP contribution in [0.5, 0.6) is 11.5 Å². The van der Waals surface area contributed by atoms with Crippen molar-refractivity contribution in [1.29, 1.82) is 0 Å². The molecule has 2 aromatic rings. The summed E-state index contributed by atoms with van der Waals surface area (Å²) in [4.78, 5) is 15.6. The number of nitrogens with zero attached hydrogens (tertiary/aromatic N) is 1. The Morgan fingerprint density at radius 2 is 1.89 bits per heavy atom. The van der Waals surface area contributed by atoms with Gasteiger partial charge in [0.15, 0.2) is 16.5 Å². The minimum Gasteiger partial charge on any atom is -0.486 e. The first-order valence-corrected chi connectivity index (χ1v) is 9.12. The Balaban J connectivity index is 1.85. The number of pyridine rings is 1. The Hall–Kier alpha value is -2.82. The summed E-state index contributed by atoms with van der Waals surface area (Å²) in [5.74, 6) is -0.117. The van der Waals surface area contributed by atoms with Crippen molar-refractivity contribution in [1.82, 2.24) is 10.3 Å². The summed E-state index contributed by atoms with van der Waals surface area (Å²) >= 11 is 0. The minimum absolute atomic E-state index is 0.105. The first-order valence-electron chi connectivity index (χ1n) is 7.64. The first-order chi connectivity index (χ1) is 12.7. The van der Waals surface area contributed by atoms with Gasteiger partial charge in [-0.1, -0.05) is 12.1 Å². The second-order valence-electron chi connectivity index (χ2n) is 5.43. The number of amides is 1. The molecule has 11 heteroatoms. The van der Waals surface area contributed by atoms with E-state index < -0.39 is 31.8 Å². The zero-order valence-corrected chi connectivity index (χ0v) is 14.4. The van der Waals surface area contributed by atoms with Crippen LogP contribution < -0.4 is 14.8 Å².